The Bertz CT molecular complexity index is 827. The number of hydrogen-bond donors (Lipinski definition) is 1. The van der Waals surface area contributed by atoms with Gasteiger partial charge in [0, 0.05) is 21.3 Å². The second-order valence-electron chi connectivity index (χ2n) is 5.22. The molecule has 0 saturated heterocycles. The van der Waals surface area contributed by atoms with Crippen LogP contribution >= 0.6 is 15.9 Å². The predicted octanol–water partition coefficient (Wildman–Crippen LogP) is 4.27. The molecule has 1 aliphatic heterocycles. The number of anilines is 1. The maximum Gasteiger partial charge on any atom is 0.256 e. The highest BCUT2D eigenvalue weighted by atomic mass is 79.9. The van der Waals surface area contributed by atoms with E-state index in [1.54, 1.807) is 14.2 Å². The number of amides is 1. The molecule has 0 spiro atoms. The van der Waals surface area contributed by atoms with Crippen molar-refractivity contribution in [1.29, 1.82) is 0 Å². The second-order valence-corrected chi connectivity index (χ2v) is 6.08. The standard InChI is InChI=1S/C18H16BrNO3/c1-10-13(19)5-6-14-17(10)12(18(21)20-14)8-11-4-7-15(22-2)16(9-11)23-3/h4-9H,1-3H3,(H,20,21). The number of hydrogen-bond acceptors (Lipinski definition) is 3. The van der Waals surface area contributed by atoms with Crippen molar-refractivity contribution in [3.63, 3.8) is 0 Å². The Morgan fingerprint density at radius 1 is 1.09 bits per heavy atom. The summed E-state index contributed by atoms with van der Waals surface area (Å²) in [4.78, 5) is 12.3. The SMILES string of the molecule is COc1ccc(C=C2C(=O)Nc3ccc(Br)c(C)c32)cc1OC. The maximum atomic E-state index is 12.3. The quantitative estimate of drug-likeness (QED) is 0.817. The minimum Gasteiger partial charge on any atom is -0.493 e. The smallest absolute Gasteiger partial charge is 0.256 e. The van der Waals surface area contributed by atoms with E-state index in [1.807, 2.05) is 43.3 Å². The molecular weight excluding hydrogens is 358 g/mol. The topological polar surface area (TPSA) is 47.6 Å². The van der Waals surface area contributed by atoms with Crippen LogP contribution < -0.4 is 14.8 Å². The number of nitrogens with one attached hydrogen (secondary N) is 1. The van der Waals surface area contributed by atoms with E-state index >= 15 is 0 Å². The fourth-order valence-corrected chi connectivity index (χ4v) is 3.02. The van der Waals surface area contributed by atoms with E-state index in [0.717, 1.165) is 26.9 Å². The van der Waals surface area contributed by atoms with Crippen LogP contribution in [-0.2, 0) is 4.79 Å². The van der Waals surface area contributed by atoms with Crippen LogP contribution in [0.1, 0.15) is 16.7 Å². The first kappa shape index (κ1) is 15.6. The van der Waals surface area contributed by atoms with Crippen LogP contribution in [0.4, 0.5) is 5.69 Å². The number of carbonyl (C=O) groups excluding carboxylic acids is 1. The summed E-state index contributed by atoms with van der Waals surface area (Å²) in [5.74, 6) is 1.19. The maximum absolute atomic E-state index is 12.3. The zero-order valence-electron chi connectivity index (χ0n) is 13.1. The first-order chi connectivity index (χ1) is 11.0. The van der Waals surface area contributed by atoms with Crippen LogP contribution in [0, 0.1) is 6.92 Å². The first-order valence-corrected chi connectivity index (χ1v) is 7.89. The van der Waals surface area contributed by atoms with E-state index in [1.165, 1.54) is 0 Å². The molecule has 0 saturated carbocycles. The van der Waals surface area contributed by atoms with Crippen LogP contribution in [0.3, 0.4) is 0 Å². The van der Waals surface area contributed by atoms with Crippen molar-refractivity contribution in [3.8, 4) is 11.5 Å². The minimum absolute atomic E-state index is 0.101. The highest BCUT2D eigenvalue weighted by Gasteiger charge is 2.26. The van der Waals surface area contributed by atoms with Crippen LogP contribution in [0.2, 0.25) is 0 Å². The molecule has 1 heterocycles. The van der Waals surface area contributed by atoms with Gasteiger partial charge in [0.15, 0.2) is 11.5 Å². The lowest BCUT2D eigenvalue weighted by molar-refractivity contribution is -0.110. The second kappa shape index (κ2) is 6.08. The molecule has 3 rings (SSSR count). The van der Waals surface area contributed by atoms with Gasteiger partial charge in [0.2, 0.25) is 0 Å². The van der Waals surface area contributed by atoms with Gasteiger partial charge >= 0.3 is 0 Å². The summed E-state index contributed by atoms with van der Waals surface area (Å²) in [5.41, 5.74) is 4.32. The molecule has 1 N–H and O–H groups in total. The van der Waals surface area contributed by atoms with Gasteiger partial charge in [0.1, 0.15) is 0 Å². The largest absolute Gasteiger partial charge is 0.493 e. The van der Waals surface area contributed by atoms with Gasteiger partial charge in [-0.05, 0) is 48.4 Å². The molecule has 0 fully saturated rings. The molecule has 1 aliphatic rings. The number of halogens is 1. The molecule has 1 amide bonds. The summed E-state index contributed by atoms with van der Waals surface area (Å²) in [6, 6.07) is 9.41. The van der Waals surface area contributed by atoms with Gasteiger partial charge in [0.05, 0.1) is 14.2 Å². The molecule has 0 radical (unpaired) electrons. The lowest BCUT2D eigenvalue weighted by Gasteiger charge is -2.09. The van der Waals surface area contributed by atoms with Gasteiger partial charge < -0.3 is 14.8 Å². The molecule has 5 heteroatoms. The molecule has 0 bridgehead atoms. The van der Waals surface area contributed by atoms with Gasteiger partial charge in [-0.2, -0.15) is 0 Å². The summed E-state index contributed by atoms with van der Waals surface area (Å²) in [6.45, 7) is 1.99. The first-order valence-electron chi connectivity index (χ1n) is 7.09. The molecule has 0 unspecified atom stereocenters. The summed E-state index contributed by atoms with van der Waals surface area (Å²) >= 11 is 3.52. The third kappa shape index (κ3) is 2.72. The Kier molecular flexibility index (Phi) is 4.13. The van der Waals surface area contributed by atoms with E-state index in [4.69, 9.17) is 9.47 Å². The third-order valence-electron chi connectivity index (χ3n) is 3.88. The molecule has 0 aliphatic carbocycles. The fourth-order valence-electron chi connectivity index (χ4n) is 2.69. The lowest BCUT2D eigenvalue weighted by atomic mass is 9.99. The summed E-state index contributed by atoms with van der Waals surface area (Å²) in [7, 11) is 3.19. The molecular formula is C18H16BrNO3. The molecule has 4 nitrogen and oxygen atoms in total. The third-order valence-corrected chi connectivity index (χ3v) is 4.74. The van der Waals surface area contributed by atoms with E-state index in [2.05, 4.69) is 21.2 Å². The number of rotatable bonds is 3. The number of methoxy groups -OCH3 is 2. The number of benzene rings is 2. The zero-order chi connectivity index (χ0) is 16.6. The zero-order valence-corrected chi connectivity index (χ0v) is 14.7. The Morgan fingerprint density at radius 3 is 2.52 bits per heavy atom. The van der Waals surface area contributed by atoms with Gasteiger partial charge in [-0.15, -0.1) is 0 Å². The van der Waals surface area contributed by atoms with Crippen LogP contribution in [0.15, 0.2) is 34.8 Å². The van der Waals surface area contributed by atoms with E-state index in [9.17, 15) is 4.79 Å². The Hall–Kier alpha value is -2.27. The number of ether oxygens (including phenoxy) is 2. The van der Waals surface area contributed by atoms with Gasteiger partial charge in [-0.1, -0.05) is 22.0 Å². The van der Waals surface area contributed by atoms with Crippen LogP contribution in [0.25, 0.3) is 11.6 Å². The van der Waals surface area contributed by atoms with E-state index in [0.29, 0.717) is 17.1 Å². The average molecular weight is 374 g/mol. The van der Waals surface area contributed by atoms with Crippen molar-refractivity contribution in [1.82, 2.24) is 0 Å². The Labute approximate surface area is 143 Å². The van der Waals surface area contributed by atoms with Gasteiger partial charge in [0.25, 0.3) is 5.91 Å². The van der Waals surface area contributed by atoms with Gasteiger partial charge in [-0.3, -0.25) is 4.79 Å². The van der Waals surface area contributed by atoms with Crippen molar-refractivity contribution < 1.29 is 14.3 Å². The van der Waals surface area contributed by atoms with E-state index in [-0.39, 0.29) is 5.91 Å². The van der Waals surface area contributed by atoms with Crippen molar-refractivity contribution in [2.24, 2.45) is 0 Å². The highest BCUT2D eigenvalue weighted by molar-refractivity contribution is 9.10. The summed E-state index contributed by atoms with van der Waals surface area (Å²) in [5, 5.41) is 2.90. The number of carbonyl (C=O) groups is 1. The number of fused-ring (bicyclic) bond motifs is 1. The van der Waals surface area contributed by atoms with Crippen LogP contribution in [0.5, 0.6) is 11.5 Å². The summed E-state index contributed by atoms with van der Waals surface area (Å²) in [6.07, 6.45) is 1.86. The monoisotopic (exact) mass is 373 g/mol. The van der Waals surface area contributed by atoms with Crippen molar-refractivity contribution in [3.05, 3.63) is 51.5 Å². The molecule has 0 aromatic heterocycles. The normalized spacial score (nSPS) is 14.6. The Balaban J connectivity index is 2.11. The molecule has 118 valence electrons. The van der Waals surface area contributed by atoms with Crippen molar-refractivity contribution in [2.75, 3.05) is 19.5 Å². The average Bonchev–Trinajstić information content (AvgIpc) is 2.87. The molecule has 2 aromatic rings. The molecule has 2 aromatic carbocycles. The lowest BCUT2D eigenvalue weighted by Crippen LogP contribution is -2.03. The molecule has 0 atom stereocenters. The Morgan fingerprint density at radius 2 is 1.83 bits per heavy atom. The fraction of sp³-hybridized carbons (Fsp3) is 0.167. The van der Waals surface area contributed by atoms with Crippen molar-refractivity contribution in [2.45, 2.75) is 6.92 Å². The van der Waals surface area contributed by atoms with Crippen LogP contribution in [-0.4, -0.2) is 20.1 Å². The predicted molar refractivity (Wildman–Crippen MR) is 94.9 cm³/mol. The minimum atomic E-state index is -0.101. The molecule has 23 heavy (non-hydrogen) atoms. The highest BCUT2D eigenvalue weighted by Crippen LogP contribution is 2.39. The summed E-state index contributed by atoms with van der Waals surface area (Å²) < 4.78 is 11.5. The van der Waals surface area contributed by atoms with Crippen molar-refractivity contribution >= 4 is 39.2 Å². The van der Waals surface area contributed by atoms with Gasteiger partial charge in [-0.25, -0.2) is 0 Å². The van der Waals surface area contributed by atoms with E-state index < -0.39 is 0 Å².